The van der Waals surface area contributed by atoms with Gasteiger partial charge < -0.3 is 15.0 Å². The third-order valence-corrected chi connectivity index (χ3v) is 5.29. The number of nitrogens with zero attached hydrogens (tertiary/aromatic N) is 3. The van der Waals surface area contributed by atoms with Gasteiger partial charge in [0, 0.05) is 37.0 Å². The molecule has 0 spiro atoms. The lowest BCUT2D eigenvalue weighted by atomic mass is 10.0. The number of ether oxygens (including phenoxy) is 1. The van der Waals surface area contributed by atoms with E-state index in [0.29, 0.717) is 11.2 Å². The third kappa shape index (κ3) is 2.16. The molecule has 4 heterocycles. The number of hydrogen-bond donors (Lipinski definition) is 1. The number of fused-ring (bicyclic) bond motifs is 1. The van der Waals surface area contributed by atoms with Crippen molar-refractivity contribution in [3.8, 4) is 0 Å². The van der Waals surface area contributed by atoms with Crippen LogP contribution in [0, 0.1) is 0 Å². The number of morpholine rings is 1. The summed E-state index contributed by atoms with van der Waals surface area (Å²) in [4.78, 5) is 12.5. The molecule has 4 rings (SSSR count). The smallest absolute Gasteiger partial charge is 0.224 e. The van der Waals surface area contributed by atoms with Crippen LogP contribution in [0.25, 0.3) is 10.2 Å². The van der Waals surface area contributed by atoms with E-state index in [1.54, 1.807) is 11.3 Å². The summed E-state index contributed by atoms with van der Waals surface area (Å²) in [6.45, 7) is 5.32. The molecule has 0 unspecified atom stereocenters. The van der Waals surface area contributed by atoms with E-state index in [-0.39, 0.29) is 0 Å². The van der Waals surface area contributed by atoms with Crippen LogP contribution in [0.3, 0.4) is 0 Å². The summed E-state index contributed by atoms with van der Waals surface area (Å²) in [6.07, 6.45) is 0. The molecule has 2 fully saturated rings. The maximum absolute atomic E-state index is 6.09. The number of anilines is 1. The molecular formula is C13H15ClN4OS. The molecule has 0 bridgehead atoms. The molecule has 0 aliphatic carbocycles. The van der Waals surface area contributed by atoms with Crippen LogP contribution in [0.2, 0.25) is 5.28 Å². The molecule has 0 saturated carbocycles. The van der Waals surface area contributed by atoms with Crippen LogP contribution >= 0.6 is 22.9 Å². The Hall–Kier alpha value is -0.950. The molecule has 0 atom stereocenters. The minimum Gasteiger partial charge on any atom is -0.378 e. The van der Waals surface area contributed by atoms with Crippen LogP contribution in [0.5, 0.6) is 0 Å². The normalized spacial score (nSPS) is 20.4. The highest BCUT2D eigenvalue weighted by Crippen LogP contribution is 2.37. The van der Waals surface area contributed by atoms with Crippen molar-refractivity contribution in [2.75, 3.05) is 44.3 Å². The van der Waals surface area contributed by atoms with Crippen molar-refractivity contribution in [2.24, 2.45) is 0 Å². The summed E-state index contributed by atoms with van der Waals surface area (Å²) < 4.78 is 6.56. The minimum absolute atomic E-state index is 0.329. The molecule has 2 aliphatic heterocycles. The molecule has 7 heteroatoms. The van der Waals surface area contributed by atoms with Gasteiger partial charge in [-0.15, -0.1) is 11.3 Å². The van der Waals surface area contributed by atoms with Gasteiger partial charge in [-0.2, -0.15) is 4.98 Å². The number of nitrogens with one attached hydrogen (secondary N) is 1. The van der Waals surface area contributed by atoms with Crippen LogP contribution in [-0.4, -0.2) is 49.4 Å². The fraction of sp³-hybridized carbons (Fsp3) is 0.538. The standard InChI is InChI=1S/C13H15ClN4OS/c14-13-16-9-5-10(8-6-15-7-8)20-11(9)12(17-13)18-1-3-19-4-2-18/h5,8,15H,1-4,6-7H2. The summed E-state index contributed by atoms with van der Waals surface area (Å²) in [5.74, 6) is 1.58. The van der Waals surface area contributed by atoms with Crippen LogP contribution < -0.4 is 10.2 Å². The zero-order valence-electron chi connectivity index (χ0n) is 10.9. The van der Waals surface area contributed by atoms with Gasteiger partial charge in [0.25, 0.3) is 0 Å². The molecule has 2 aliphatic rings. The van der Waals surface area contributed by atoms with E-state index in [1.165, 1.54) is 4.88 Å². The first-order chi connectivity index (χ1) is 9.81. The second kappa shape index (κ2) is 5.11. The number of halogens is 1. The molecule has 0 amide bonds. The average Bonchev–Trinajstić information content (AvgIpc) is 2.79. The van der Waals surface area contributed by atoms with E-state index < -0.39 is 0 Å². The largest absolute Gasteiger partial charge is 0.378 e. The lowest BCUT2D eigenvalue weighted by Gasteiger charge is -2.28. The summed E-state index contributed by atoms with van der Waals surface area (Å²) in [7, 11) is 0. The molecule has 2 aromatic rings. The topological polar surface area (TPSA) is 50.3 Å². The van der Waals surface area contributed by atoms with E-state index in [4.69, 9.17) is 16.3 Å². The maximum Gasteiger partial charge on any atom is 0.224 e. The Morgan fingerprint density at radius 2 is 2.10 bits per heavy atom. The van der Waals surface area contributed by atoms with Gasteiger partial charge in [0.1, 0.15) is 0 Å². The molecule has 20 heavy (non-hydrogen) atoms. The Kier molecular flexibility index (Phi) is 3.26. The van der Waals surface area contributed by atoms with Crippen molar-refractivity contribution in [3.63, 3.8) is 0 Å². The molecular weight excluding hydrogens is 296 g/mol. The van der Waals surface area contributed by atoms with Gasteiger partial charge in [0.05, 0.1) is 23.4 Å². The number of rotatable bonds is 2. The van der Waals surface area contributed by atoms with Crippen molar-refractivity contribution in [2.45, 2.75) is 5.92 Å². The highest BCUT2D eigenvalue weighted by atomic mass is 35.5. The second-order valence-electron chi connectivity index (χ2n) is 5.13. The molecule has 2 saturated heterocycles. The predicted octanol–water partition coefficient (Wildman–Crippen LogP) is 1.87. The monoisotopic (exact) mass is 310 g/mol. The number of hydrogen-bond acceptors (Lipinski definition) is 6. The molecule has 1 N–H and O–H groups in total. The van der Waals surface area contributed by atoms with E-state index >= 15 is 0 Å². The first kappa shape index (κ1) is 12.8. The van der Waals surface area contributed by atoms with Crippen molar-refractivity contribution < 1.29 is 4.74 Å². The molecule has 0 aromatic carbocycles. The van der Waals surface area contributed by atoms with Gasteiger partial charge >= 0.3 is 0 Å². The van der Waals surface area contributed by atoms with Crippen LogP contribution in [-0.2, 0) is 4.74 Å². The number of aromatic nitrogens is 2. The van der Waals surface area contributed by atoms with Gasteiger partial charge in [0.2, 0.25) is 5.28 Å². The Balaban J connectivity index is 1.79. The highest BCUT2D eigenvalue weighted by molar-refractivity contribution is 7.19. The summed E-state index contributed by atoms with van der Waals surface area (Å²) in [6, 6.07) is 2.17. The lowest BCUT2D eigenvalue weighted by Crippen LogP contribution is -2.39. The van der Waals surface area contributed by atoms with Gasteiger partial charge in [0.15, 0.2) is 5.82 Å². The fourth-order valence-corrected chi connectivity index (χ4v) is 3.97. The Morgan fingerprint density at radius 1 is 1.30 bits per heavy atom. The highest BCUT2D eigenvalue weighted by Gasteiger charge is 2.24. The van der Waals surface area contributed by atoms with Crippen LogP contribution in [0.15, 0.2) is 6.07 Å². The summed E-state index contributed by atoms with van der Waals surface area (Å²) in [5, 5.41) is 3.64. The van der Waals surface area contributed by atoms with Gasteiger partial charge in [-0.25, -0.2) is 4.98 Å². The van der Waals surface area contributed by atoms with E-state index in [2.05, 4.69) is 26.3 Å². The SMILES string of the molecule is Clc1nc(N2CCOCC2)c2sc(C3CNC3)cc2n1. The number of thiophene rings is 1. The molecule has 5 nitrogen and oxygen atoms in total. The van der Waals surface area contributed by atoms with E-state index in [9.17, 15) is 0 Å². The Morgan fingerprint density at radius 3 is 2.80 bits per heavy atom. The van der Waals surface area contributed by atoms with Crippen LogP contribution in [0.4, 0.5) is 5.82 Å². The lowest BCUT2D eigenvalue weighted by molar-refractivity contribution is 0.122. The first-order valence-electron chi connectivity index (χ1n) is 6.81. The van der Waals surface area contributed by atoms with E-state index in [1.807, 2.05) is 0 Å². The van der Waals surface area contributed by atoms with Crippen molar-refractivity contribution in [1.82, 2.24) is 15.3 Å². The first-order valence-corrected chi connectivity index (χ1v) is 8.01. The van der Waals surface area contributed by atoms with E-state index in [0.717, 1.165) is 55.4 Å². The van der Waals surface area contributed by atoms with Crippen LogP contribution in [0.1, 0.15) is 10.8 Å². The van der Waals surface area contributed by atoms with Crippen molar-refractivity contribution >= 4 is 39.0 Å². The second-order valence-corrected chi connectivity index (χ2v) is 6.56. The third-order valence-electron chi connectivity index (χ3n) is 3.84. The van der Waals surface area contributed by atoms with Crippen molar-refractivity contribution in [3.05, 3.63) is 16.2 Å². The molecule has 2 aromatic heterocycles. The fourth-order valence-electron chi connectivity index (χ4n) is 2.59. The predicted molar refractivity (Wildman–Crippen MR) is 81.1 cm³/mol. The quantitative estimate of drug-likeness (QED) is 0.858. The Bertz CT molecular complexity index is 637. The maximum atomic E-state index is 6.09. The van der Waals surface area contributed by atoms with Gasteiger partial charge in [-0.1, -0.05) is 0 Å². The Labute approximate surface area is 125 Å². The molecule has 106 valence electrons. The minimum atomic E-state index is 0.329. The summed E-state index contributed by atoms with van der Waals surface area (Å²) in [5.41, 5.74) is 0.971. The zero-order chi connectivity index (χ0) is 13.5. The van der Waals surface area contributed by atoms with Crippen molar-refractivity contribution in [1.29, 1.82) is 0 Å². The molecule has 0 radical (unpaired) electrons. The average molecular weight is 311 g/mol. The van der Waals surface area contributed by atoms with Gasteiger partial charge in [-0.3, -0.25) is 0 Å². The summed E-state index contributed by atoms with van der Waals surface area (Å²) >= 11 is 7.90. The van der Waals surface area contributed by atoms with Gasteiger partial charge in [-0.05, 0) is 17.7 Å². The zero-order valence-corrected chi connectivity index (χ0v) is 12.5.